The van der Waals surface area contributed by atoms with E-state index in [1.54, 1.807) is 24.3 Å². The number of benzene rings is 3. The molecule has 6 fully saturated rings. The Morgan fingerprint density at radius 2 is 1.09 bits per heavy atom. The van der Waals surface area contributed by atoms with Gasteiger partial charge in [-0.15, -0.1) is 0 Å². The summed E-state index contributed by atoms with van der Waals surface area (Å²) in [5.74, 6) is 5.34. The highest BCUT2D eigenvalue weighted by Gasteiger charge is 2.48. The molecule has 6 saturated carbocycles. The van der Waals surface area contributed by atoms with E-state index in [4.69, 9.17) is 4.18 Å². The largest absolute Gasteiger partial charge is 0.379 e. The fourth-order valence-electron chi connectivity index (χ4n) is 11.2. The molecule has 0 saturated heterocycles. The zero-order chi connectivity index (χ0) is 30.7. The van der Waals surface area contributed by atoms with Crippen LogP contribution in [0.25, 0.3) is 10.8 Å². The molecule has 0 heterocycles. The van der Waals surface area contributed by atoms with Crippen molar-refractivity contribution in [2.45, 2.75) is 105 Å². The third-order valence-corrected chi connectivity index (χ3v) is 15.4. The minimum Gasteiger partial charge on any atom is -0.379 e. The van der Waals surface area contributed by atoms with E-state index < -0.39 is 20.2 Å². The predicted molar refractivity (Wildman–Crippen MR) is 173 cm³/mol. The number of hydrogen-bond donors (Lipinski definition) is 1. The van der Waals surface area contributed by atoms with E-state index in [0.717, 1.165) is 35.8 Å². The molecule has 9 atom stereocenters. The van der Waals surface area contributed by atoms with Crippen LogP contribution in [-0.2, 0) is 20.2 Å². The quantitative estimate of drug-likeness (QED) is 0.204. The lowest BCUT2D eigenvalue weighted by Gasteiger charge is -2.32. The molecule has 0 radical (unpaired) electrons. The van der Waals surface area contributed by atoms with Crippen molar-refractivity contribution in [2.24, 2.45) is 35.5 Å². The highest BCUT2D eigenvalue weighted by molar-refractivity contribution is 7.87. The molecule has 0 aromatic heterocycles. The van der Waals surface area contributed by atoms with E-state index >= 15 is 0 Å². The van der Waals surface area contributed by atoms with Gasteiger partial charge in [0.05, 0.1) is 4.90 Å². The first kappa shape index (κ1) is 28.8. The van der Waals surface area contributed by atoms with E-state index in [9.17, 15) is 21.4 Å². The highest BCUT2D eigenvalue weighted by Crippen LogP contribution is 2.60. The fourth-order valence-corrected chi connectivity index (χ4v) is 13.2. The zero-order valence-electron chi connectivity index (χ0n) is 25.6. The summed E-state index contributed by atoms with van der Waals surface area (Å²) in [6.45, 7) is 0. The second kappa shape index (κ2) is 10.3. The molecule has 8 heteroatoms. The lowest BCUT2D eigenvalue weighted by molar-refractivity contribution is 0.392. The SMILES string of the molecule is O=S(=O)(O)c1ccc2cc(OS(=O)(=O)c3c(C4CC5CCC4C5)cc(C4CC5CCC4C5)cc3C3CC4CC[C@@H]3C4)ccc2c1. The molecule has 6 bridgehead atoms. The van der Waals surface area contributed by atoms with E-state index in [1.165, 1.54) is 81.9 Å². The van der Waals surface area contributed by atoms with Gasteiger partial charge in [-0.05, 0) is 163 Å². The summed E-state index contributed by atoms with van der Waals surface area (Å²) in [6, 6.07) is 13.8. The minimum absolute atomic E-state index is 0.196. The topological polar surface area (TPSA) is 97.7 Å². The van der Waals surface area contributed by atoms with Crippen molar-refractivity contribution in [2.75, 3.05) is 0 Å². The van der Waals surface area contributed by atoms with E-state index in [-0.39, 0.29) is 22.5 Å². The lowest BCUT2D eigenvalue weighted by Crippen LogP contribution is -2.23. The standard InChI is InChI=1S/C37H42O6S2/c38-44(39,40)31-10-8-24-17-30(9-7-25(24)18-31)43-45(41,42)37-35(33-15-22-2-5-27(33)12-22)19-29(32-14-21-1-4-26(32)11-21)20-36(37)34-16-23-3-6-28(34)13-23/h7-10,17-23,26-28,32-34H,1-6,11-16H2,(H,38,39,40)/t21?,22?,23?,26?,27-,28?,32?,33?,34?/m1/s1. The third kappa shape index (κ3) is 4.88. The second-order valence-corrected chi connectivity index (χ2v) is 18.5. The molecule has 0 amide bonds. The summed E-state index contributed by atoms with van der Waals surface area (Å²) in [5, 5.41) is 1.22. The highest BCUT2D eigenvalue weighted by atomic mass is 32.2. The molecule has 9 rings (SSSR count). The van der Waals surface area contributed by atoms with Crippen molar-refractivity contribution in [1.29, 1.82) is 0 Å². The molecule has 238 valence electrons. The average Bonchev–Trinajstić information content (AvgIpc) is 3.87. The minimum atomic E-state index is -4.34. The molecule has 0 aliphatic heterocycles. The number of rotatable bonds is 7. The van der Waals surface area contributed by atoms with Gasteiger partial charge in [-0.1, -0.05) is 43.5 Å². The van der Waals surface area contributed by atoms with Gasteiger partial charge in [-0.3, -0.25) is 4.55 Å². The Morgan fingerprint density at radius 3 is 1.58 bits per heavy atom. The first-order chi connectivity index (χ1) is 21.6. The molecule has 8 unspecified atom stereocenters. The summed E-state index contributed by atoms with van der Waals surface area (Å²) in [7, 11) is -8.51. The molecule has 45 heavy (non-hydrogen) atoms. The molecule has 6 nitrogen and oxygen atoms in total. The summed E-state index contributed by atoms with van der Waals surface area (Å²) >= 11 is 0. The van der Waals surface area contributed by atoms with Crippen LogP contribution >= 0.6 is 0 Å². The number of fused-ring (bicyclic) bond motifs is 7. The van der Waals surface area contributed by atoms with Crippen molar-refractivity contribution in [1.82, 2.24) is 0 Å². The van der Waals surface area contributed by atoms with Crippen molar-refractivity contribution < 1.29 is 25.6 Å². The maximum Gasteiger partial charge on any atom is 0.339 e. The maximum absolute atomic E-state index is 14.7. The zero-order valence-corrected chi connectivity index (χ0v) is 27.2. The Bertz CT molecular complexity index is 1870. The molecular weight excluding hydrogens is 605 g/mol. The molecule has 3 aromatic rings. The van der Waals surface area contributed by atoms with Gasteiger partial charge in [-0.25, -0.2) is 0 Å². The fraction of sp³-hybridized carbons (Fsp3) is 0.568. The Hall–Kier alpha value is -2.42. The van der Waals surface area contributed by atoms with Crippen molar-refractivity contribution in [3.05, 3.63) is 65.2 Å². The summed E-state index contributed by atoms with van der Waals surface area (Å²) < 4.78 is 68.3. The monoisotopic (exact) mass is 646 g/mol. The first-order valence-electron chi connectivity index (χ1n) is 17.2. The van der Waals surface area contributed by atoms with Gasteiger partial charge in [0.2, 0.25) is 0 Å². The van der Waals surface area contributed by atoms with Gasteiger partial charge in [0.25, 0.3) is 10.1 Å². The van der Waals surface area contributed by atoms with E-state index in [1.807, 2.05) is 0 Å². The van der Waals surface area contributed by atoms with Crippen LogP contribution < -0.4 is 4.18 Å². The molecule has 6 aliphatic rings. The second-order valence-electron chi connectivity index (χ2n) is 15.6. The van der Waals surface area contributed by atoms with Crippen LogP contribution in [-0.4, -0.2) is 21.4 Å². The predicted octanol–water partition coefficient (Wildman–Crippen LogP) is 8.57. The lowest BCUT2D eigenvalue weighted by atomic mass is 9.75. The van der Waals surface area contributed by atoms with Crippen LogP contribution in [0.1, 0.15) is 111 Å². The van der Waals surface area contributed by atoms with Gasteiger partial charge in [0.1, 0.15) is 10.6 Å². The van der Waals surface area contributed by atoms with Crippen molar-refractivity contribution in [3.8, 4) is 5.75 Å². The molecule has 0 spiro atoms. The van der Waals surface area contributed by atoms with Crippen LogP contribution in [0, 0.1) is 35.5 Å². The summed E-state index contributed by atoms with van der Waals surface area (Å²) in [6.07, 6.45) is 14.7. The van der Waals surface area contributed by atoms with E-state index in [2.05, 4.69) is 12.1 Å². The van der Waals surface area contributed by atoms with Gasteiger partial charge in [-0.2, -0.15) is 16.8 Å². The van der Waals surface area contributed by atoms with Crippen LogP contribution in [0.5, 0.6) is 5.75 Å². The van der Waals surface area contributed by atoms with Gasteiger partial charge >= 0.3 is 10.1 Å². The van der Waals surface area contributed by atoms with Crippen molar-refractivity contribution >= 4 is 31.0 Å². The average molecular weight is 647 g/mol. The Labute approximate surface area is 266 Å². The van der Waals surface area contributed by atoms with Crippen LogP contribution in [0.4, 0.5) is 0 Å². The molecule has 3 aromatic carbocycles. The van der Waals surface area contributed by atoms with Crippen molar-refractivity contribution in [3.63, 3.8) is 0 Å². The Morgan fingerprint density at radius 1 is 0.578 bits per heavy atom. The first-order valence-corrected chi connectivity index (χ1v) is 20.1. The maximum atomic E-state index is 14.7. The smallest absolute Gasteiger partial charge is 0.339 e. The summed E-state index contributed by atoms with van der Waals surface area (Å²) in [4.78, 5) is 0.268. The van der Waals surface area contributed by atoms with Gasteiger partial charge in [0.15, 0.2) is 0 Å². The Balaban J connectivity index is 1.17. The van der Waals surface area contributed by atoms with Crippen LogP contribution in [0.3, 0.4) is 0 Å². The normalized spacial score (nSPS) is 35.2. The Kier molecular flexibility index (Phi) is 6.58. The molecule has 1 N–H and O–H groups in total. The summed E-state index contributed by atoms with van der Waals surface area (Å²) in [5.41, 5.74) is 3.48. The molecular formula is C37H42O6S2. The van der Waals surface area contributed by atoms with Gasteiger partial charge < -0.3 is 4.18 Å². The third-order valence-electron chi connectivity index (χ3n) is 13.1. The van der Waals surface area contributed by atoms with Crippen LogP contribution in [0.15, 0.2) is 58.3 Å². The van der Waals surface area contributed by atoms with Gasteiger partial charge in [0, 0.05) is 0 Å². The molecule has 6 aliphatic carbocycles. The van der Waals surface area contributed by atoms with E-state index in [0.29, 0.717) is 45.3 Å². The number of hydrogen-bond acceptors (Lipinski definition) is 5. The van der Waals surface area contributed by atoms with Crippen LogP contribution in [0.2, 0.25) is 0 Å².